The van der Waals surface area contributed by atoms with Crippen LogP contribution in [0.2, 0.25) is 5.02 Å². The number of methoxy groups -OCH3 is 1. The number of halogens is 2. The van der Waals surface area contributed by atoms with Gasteiger partial charge in [0.25, 0.3) is 5.91 Å². The lowest BCUT2D eigenvalue weighted by Crippen LogP contribution is -2.40. The summed E-state index contributed by atoms with van der Waals surface area (Å²) >= 11 is 6.40. The second-order valence-electron chi connectivity index (χ2n) is 8.92. The molecule has 2 aromatic carbocycles. The van der Waals surface area contributed by atoms with E-state index >= 15 is 0 Å². The highest BCUT2D eigenvalue weighted by molar-refractivity contribution is 7.89. The van der Waals surface area contributed by atoms with Crippen molar-refractivity contribution >= 4 is 27.5 Å². The Morgan fingerprint density at radius 3 is 2.65 bits per heavy atom. The zero-order valence-corrected chi connectivity index (χ0v) is 20.7. The molecule has 1 amide bonds. The van der Waals surface area contributed by atoms with E-state index in [1.807, 2.05) is 16.9 Å². The van der Waals surface area contributed by atoms with Crippen molar-refractivity contribution in [3.63, 3.8) is 0 Å². The standard InChI is InChI=1S/C24H28ClFN2O5S/c1-32-17-8-7-16(21(25)10-17)13-28-9-3-4-18(14-28)33-23-12-22(26)20(11-19(23)15-5-6-15)24(29)27-34(2,30)31/h7-8,10-12,15,18H,3-6,9,13-14H2,1-2H3,(H,27,29)/t18-/m1/s1. The number of carbonyl (C=O) groups is 1. The minimum atomic E-state index is -3.80. The smallest absolute Gasteiger partial charge is 0.267 e. The SMILES string of the molecule is COc1ccc(CN2CCC[C@@H](Oc3cc(F)c(C(=O)NS(C)(=O)=O)cc3C3CC3)C2)c(Cl)c1. The molecule has 184 valence electrons. The summed E-state index contributed by atoms with van der Waals surface area (Å²) in [5.41, 5.74) is 1.45. The number of nitrogens with one attached hydrogen (secondary N) is 1. The van der Waals surface area contributed by atoms with Gasteiger partial charge in [0.05, 0.1) is 18.9 Å². The van der Waals surface area contributed by atoms with E-state index in [-0.39, 0.29) is 17.6 Å². The number of nitrogens with zero attached hydrogens (tertiary/aromatic N) is 1. The van der Waals surface area contributed by atoms with Crippen LogP contribution >= 0.6 is 11.6 Å². The third kappa shape index (κ3) is 6.20. The van der Waals surface area contributed by atoms with Crippen LogP contribution in [-0.2, 0) is 16.6 Å². The largest absolute Gasteiger partial charge is 0.497 e. The van der Waals surface area contributed by atoms with Gasteiger partial charge in [-0.25, -0.2) is 17.5 Å². The Bertz CT molecular complexity index is 1190. The number of benzene rings is 2. The maximum Gasteiger partial charge on any atom is 0.267 e. The summed E-state index contributed by atoms with van der Waals surface area (Å²) in [4.78, 5) is 14.5. The fourth-order valence-corrected chi connectivity index (χ4v) is 4.92. The molecule has 1 saturated heterocycles. The minimum Gasteiger partial charge on any atom is -0.497 e. The van der Waals surface area contributed by atoms with Gasteiger partial charge in [-0.05, 0) is 67.5 Å². The molecule has 1 heterocycles. The topological polar surface area (TPSA) is 84.9 Å². The van der Waals surface area contributed by atoms with Crippen LogP contribution in [0.1, 0.15) is 53.1 Å². The maximum atomic E-state index is 14.8. The molecule has 0 bridgehead atoms. The highest BCUT2D eigenvalue weighted by Gasteiger charge is 2.31. The van der Waals surface area contributed by atoms with Crippen molar-refractivity contribution in [1.29, 1.82) is 0 Å². The third-order valence-corrected chi connectivity index (χ3v) is 6.96. The van der Waals surface area contributed by atoms with Gasteiger partial charge in [-0.2, -0.15) is 0 Å². The first-order chi connectivity index (χ1) is 16.1. The van der Waals surface area contributed by atoms with Crippen molar-refractivity contribution in [1.82, 2.24) is 9.62 Å². The summed E-state index contributed by atoms with van der Waals surface area (Å²) in [6, 6.07) is 8.27. The summed E-state index contributed by atoms with van der Waals surface area (Å²) < 4.78 is 50.9. The van der Waals surface area contributed by atoms with Gasteiger partial charge in [-0.15, -0.1) is 0 Å². The van der Waals surface area contributed by atoms with Gasteiger partial charge in [0, 0.05) is 24.2 Å². The molecule has 10 heteroatoms. The zero-order valence-electron chi connectivity index (χ0n) is 19.1. The molecule has 7 nitrogen and oxygen atoms in total. The van der Waals surface area contributed by atoms with Gasteiger partial charge in [0.2, 0.25) is 10.0 Å². The van der Waals surface area contributed by atoms with Crippen LogP contribution in [0.25, 0.3) is 0 Å². The molecular formula is C24H28ClFN2O5S. The molecule has 2 aliphatic rings. The van der Waals surface area contributed by atoms with E-state index in [0.717, 1.165) is 49.6 Å². The Balaban J connectivity index is 1.48. The first-order valence-electron chi connectivity index (χ1n) is 11.2. The monoisotopic (exact) mass is 510 g/mol. The molecule has 2 aromatic rings. The van der Waals surface area contributed by atoms with Crippen LogP contribution in [0.4, 0.5) is 4.39 Å². The molecule has 2 fully saturated rings. The molecular weight excluding hydrogens is 483 g/mol. The van der Waals surface area contributed by atoms with Crippen LogP contribution in [0, 0.1) is 5.82 Å². The minimum absolute atomic E-state index is 0.140. The molecule has 34 heavy (non-hydrogen) atoms. The van der Waals surface area contributed by atoms with Crippen molar-refractivity contribution < 1.29 is 27.1 Å². The molecule has 0 unspecified atom stereocenters. The fraction of sp³-hybridized carbons (Fsp3) is 0.458. The van der Waals surface area contributed by atoms with Crippen molar-refractivity contribution in [3.8, 4) is 11.5 Å². The summed E-state index contributed by atoms with van der Waals surface area (Å²) in [6.45, 7) is 2.22. The van der Waals surface area contributed by atoms with Crippen molar-refractivity contribution in [2.75, 3.05) is 26.5 Å². The second kappa shape index (κ2) is 10.1. The molecule has 4 rings (SSSR count). The lowest BCUT2D eigenvalue weighted by molar-refractivity contribution is 0.0832. The van der Waals surface area contributed by atoms with E-state index in [1.165, 1.54) is 12.1 Å². The van der Waals surface area contributed by atoms with Gasteiger partial charge < -0.3 is 9.47 Å². The second-order valence-corrected chi connectivity index (χ2v) is 11.1. The molecule has 1 N–H and O–H groups in total. The highest BCUT2D eigenvalue weighted by atomic mass is 35.5. The van der Waals surface area contributed by atoms with Gasteiger partial charge in [-0.1, -0.05) is 17.7 Å². The van der Waals surface area contributed by atoms with Gasteiger partial charge in [0.15, 0.2) is 0 Å². The lowest BCUT2D eigenvalue weighted by Gasteiger charge is -2.33. The Morgan fingerprint density at radius 2 is 2.00 bits per heavy atom. The number of ether oxygens (including phenoxy) is 2. The fourth-order valence-electron chi connectivity index (χ4n) is 4.24. The normalized spacial score (nSPS) is 19.0. The Hall–Kier alpha value is -2.36. The van der Waals surface area contributed by atoms with Crippen LogP contribution in [-0.4, -0.2) is 51.8 Å². The molecule has 0 spiro atoms. The average molecular weight is 511 g/mol. The molecule has 0 radical (unpaired) electrons. The first-order valence-corrected chi connectivity index (χ1v) is 13.5. The van der Waals surface area contributed by atoms with E-state index in [0.29, 0.717) is 29.6 Å². The Labute approximate surface area is 204 Å². The summed E-state index contributed by atoms with van der Waals surface area (Å²) in [7, 11) is -2.20. The summed E-state index contributed by atoms with van der Waals surface area (Å²) in [5.74, 6) is -0.479. The third-order valence-electron chi connectivity index (χ3n) is 6.05. The highest BCUT2D eigenvalue weighted by Crippen LogP contribution is 2.45. The number of piperidine rings is 1. The van der Waals surface area contributed by atoms with Crippen LogP contribution < -0.4 is 14.2 Å². The van der Waals surface area contributed by atoms with E-state index in [2.05, 4.69) is 4.90 Å². The van der Waals surface area contributed by atoms with E-state index in [9.17, 15) is 17.6 Å². The van der Waals surface area contributed by atoms with Gasteiger partial charge in [0.1, 0.15) is 23.4 Å². The molecule has 1 atom stereocenters. The van der Waals surface area contributed by atoms with E-state index < -0.39 is 21.7 Å². The number of carbonyl (C=O) groups excluding carboxylic acids is 1. The van der Waals surface area contributed by atoms with Crippen molar-refractivity contribution in [3.05, 3.63) is 57.9 Å². The zero-order chi connectivity index (χ0) is 24.5. The Morgan fingerprint density at radius 1 is 1.24 bits per heavy atom. The van der Waals surface area contributed by atoms with Crippen LogP contribution in [0.15, 0.2) is 30.3 Å². The molecule has 1 aliphatic carbocycles. The van der Waals surface area contributed by atoms with Crippen molar-refractivity contribution in [2.24, 2.45) is 0 Å². The van der Waals surface area contributed by atoms with Gasteiger partial charge in [-0.3, -0.25) is 9.69 Å². The van der Waals surface area contributed by atoms with Crippen molar-refractivity contribution in [2.45, 2.75) is 44.2 Å². The number of likely N-dealkylation sites (tertiary alicyclic amines) is 1. The lowest BCUT2D eigenvalue weighted by atomic mass is 10.0. The number of hydrogen-bond acceptors (Lipinski definition) is 6. The Kier molecular flexibility index (Phi) is 7.35. The van der Waals surface area contributed by atoms with E-state index in [4.69, 9.17) is 21.1 Å². The molecule has 0 aromatic heterocycles. The molecule has 1 saturated carbocycles. The maximum absolute atomic E-state index is 14.8. The number of hydrogen-bond donors (Lipinski definition) is 1. The number of rotatable bonds is 8. The van der Waals surface area contributed by atoms with Crippen LogP contribution in [0.3, 0.4) is 0 Å². The molecule has 1 aliphatic heterocycles. The quantitative estimate of drug-likeness (QED) is 0.575. The summed E-state index contributed by atoms with van der Waals surface area (Å²) in [6.07, 6.45) is 4.31. The average Bonchev–Trinajstić information content (AvgIpc) is 3.59. The summed E-state index contributed by atoms with van der Waals surface area (Å²) in [5, 5.41) is 0.642. The predicted molar refractivity (Wildman–Crippen MR) is 128 cm³/mol. The predicted octanol–water partition coefficient (Wildman–Crippen LogP) is 4.10. The first kappa shape index (κ1) is 24.8. The van der Waals surface area contributed by atoms with Crippen LogP contribution in [0.5, 0.6) is 11.5 Å². The van der Waals surface area contributed by atoms with Gasteiger partial charge >= 0.3 is 0 Å². The van der Waals surface area contributed by atoms with E-state index in [1.54, 1.807) is 13.2 Å². The number of sulfonamides is 1. The number of amides is 1.